The van der Waals surface area contributed by atoms with Crippen LogP contribution in [0.2, 0.25) is 0 Å². The number of rotatable bonds is 18. The standard InChI is InChI=1S/C29H49N3O2S/c1-6-10-13-14-15-16-19-34-27-21-26-28(20-25(27)31-23(5)33)35-29(30-18-12-8-3)32(26)22-24(9-4)17-11-7-2/h20-21,24H,6-19,22H2,1-5H3,(H,31,33). The number of aromatic nitrogens is 1. The fourth-order valence-electron chi connectivity index (χ4n) is 4.37. The van der Waals surface area contributed by atoms with Gasteiger partial charge in [-0.3, -0.25) is 9.79 Å². The Morgan fingerprint density at radius 2 is 1.71 bits per heavy atom. The molecule has 0 aliphatic carbocycles. The molecular weight excluding hydrogens is 454 g/mol. The first-order valence-electron chi connectivity index (χ1n) is 14.1. The first kappa shape index (κ1) is 29.4. The molecule has 0 spiro atoms. The summed E-state index contributed by atoms with van der Waals surface area (Å²) >= 11 is 1.73. The van der Waals surface area contributed by atoms with E-state index in [0.29, 0.717) is 12.5 Å². The average Bonchev–Trinajstić information content (AvgIpc) is 3.16. The smallest absolute Gasteiger partial charge is 0.221 e. The molecule has 1 aromatic heterocycles. The summed E-state index contributed by atoms with van der Waals surface area (Å²) in [6, 6.07) is 4.22. The minimum absolute atomic E-state index is 0.0725. The fourth-order valence-corrected chi connectivity index (χ4v) is 5.46. The van der Waals surface area contributed by atoms with E-state index in [4.69, 9.17) is 9.73 Å². The van der Waals surface area contributed by atoms with Gasteiger partial charge in [0.1, 0.15) is 5.75 Å². The molecule has 1 heterocycles. The van der Waals surface area contributed by atoms with Gasteiger partial charge in [0.05, 0.1) is 22.5 Å². The number of carbonyl (C=O) groups is 1. The summed E-state index contributed by atoms with van der Waals surface area (Å²) < 4.78 is 9.82. The highest BCUT2D eigenvalue weighted by atomic mass is 32.1. The molecule has 0 saturated heterocycles. The predicted octanol–water partition coefficient (Wildman–Crippen LogP) is 8.32. The second-order valence-corrected chi connectivity index (χ2v) is 10.8. The summed E-state index contributed by atoms with van der Waals surface area (Å²) in [5, 5.41) is 3.00. The molecule has 1 N–H and O–H groups in total. The lowest BCUT2D eigenvalue weighted by Gasteiger charge is -2.17. The number of hydrogen-bond donors (Lipinski definition) is 1. The number of unbranched alkanes of at least 4 members (excludes halogenated alkanes) is 7. The molecule has 0 saturated carbocycles. The summed E-state index contributed by atoms with van der Waals surface area (Å²) in [4.78, 5) is 18.0. The Morgan fingerprint density at radius 1 is 1.00 bits per heavy atom. The maximum Gasteiger partial charge on any atom is 0.221 e. The van der Waals surface area contributed by atoms with Crippen LogP contribution in [0.1, 0.15) is 112 Å². The summed E-state index contributed by atoms with van der Waals surface area (Å²) in [7, 11) is 0. The SMILES string of the molecule is CCCCCCCCOc1cc2c(cc1NC(C)=O)sc(=NCCCC)n2CC(CC)CCCC. The second-order valence-electron chi connectivity index (χ2n) is 9.76. The Balaban J connectivity index is 2.36. The number of benzene rings is 1. The van der Waals surface area contributed by atoms with Crippen molar-refractivity contribution in [1.29, 1.82) is 0 Å². The Hall–Kier alpha value is -1.82. The van der Waals surface area contributed by atoms with Crippen LogP contribution in [0.15, 0.2) is 17.1 Å². The number of nitrogens with one attached hydrogen (secondary N) is 1. The zero-order chi connectivity index (χ0) is 25.5. The van der Waals surface area contributed by atoms with Gasteiger partial charge in [0.2, 0.25) is 5.91 Å². The summed E-state index contributed by atoms with van der Waals surface area (Å²) in [5.41, 5.74) is 1.94. The van der Waals surface area contributed by atoms with Crippen LogP contribution in [0.25, 0.3) is 10.2 Å². The predicted molar refractivity (Wildman–Crippen MR) is 152 cm³/mol. The largest absolute Gasteiger partial charge is 0.491 e. The van der Waals surface area contributed by atoms with Crippen LogP contribution in [0, 0.1) is 5.92 Å². The molecule has 0 radical (unpaired) electrons. The number of hydrogen-bond acceptors (Lipinski definition) is 4. The van der Waals surface area contributed by atoms with Crippen molar-refractivity contribution in [3.05, 3.63) is 16.9 Å². The number of fused-ring (bicyclic) bond motifs is 1. The molecule has 0 aliphatic rings. The van der Waals surface area contributed by atoms with Crippen LogP contribution >= 0.6 is 11.3 Å². The quantitative estimate of drug-likeness (QED) is 0.208. The second kappa shape index (κ2) is 16.8. The van der Waals surface area contributed by atoms with Crippen LogP contribution < -0.4 is 14.9 Å². The van der Waals surface area contributed by atoms with Gasteiger partial charge in [-0.1, -0.05) is 96.8 Å². The van der Waals surface area contributed by atoms with Gasteiger partial charge in [0, 0.05) is 26.1 Å². The maximum atomic E-state index is 11.9. The van der Waals surface area contributed by atoms with E-state index in [1.807, 2.05) is 0 Å². The van der Waals surface area contributed by atoms with E-state index >= 15 is 0 Å². The van der Waals surface area contributed by atoms with Crippen LogP contribution in [-0.4, -0.2) is 23.6 Å². The Labute approximate surface area is 217 Å². The van der Waals surface area contributed by atoms with E-state index in [0.717, 1.165) is 53.3 Å². The van der Waals surface area contributed by atoms with Gasteiger partial charge in [-0.15, -0.1) is 0 Å². The van der Waals surface area contributed by atoms with E-state index in [1.165, 1.54) is 63.3 Å². The molecule has 0 aliphatic heterocycles. The molecule has 35 heavy (non-hydrogen) atoms. The van der Waals surface area contributed by atoms with Gasteiger partial charge in [0.25, 0.3) is 0 Å². The number of carbonyl (C=O) groups excluding carboxylic acids is 1. The summed E-state index contributed by atoms with van der Waals surface area (Å²) in [6.45, 7) is 13.1. The van der Waals surface area contributed by atoms with E-state index in [9.17, 15) is 4.79 Å². The van der Waals surface area contributed by atoms with Crippen LogP contribution in [0.3, 0.4) is 0 Å². The molecule has 1 unspecified atom stereocenters. The number of thiazole rings is 1. The zero-order valence-electron chi connectivity index (χ0n) is 23.0. The van der Waals surface area contributed by atoms with Crippen molar-refractivity contribution in [2.75, 3.05) is 18.5 Å². The van der Waals surface area contributed by atoms with E-state index < -0.39 is 0 Å². The van der Waals surface area contributed by atoms with Crippen molar-refractivity contribution >= 4 is 33.1 Å². The van der Waals surface area contributed by atoms with Crippen LogP contribution in [-0.2, 0) is 11.3 Å². The van der Waals surface area contributed by atoms with Crippen molar-refractivity contribution in [3.63, 3.8) is 0 Å². The van der Waals surface area contributed by atoms with Gasteiger partial charge in [-0.05, 0) is 31.2 Å². The molecular formula is C29H49N3O2S. The first-order chi connectivity index (χ1) is 17.0. The molecule has 2 aromatic rings. The average molecular weight is 504 g/mol. The van der Waals surface area contributed by atoms with Crippen molar-refractivity contribution < 1.29 is 9.53 Å². The molecule has 0 bridgehead atoms. The van der Waals surface area contributed by atoms with Crippen LogP contribution in [0.5, 0.6) is 5.75 Å². The highest BCUT2D eigenvalue weighted by Crippen LogP contribution is 2.33. The van der Waals surface area contributed by atoms with E-state index in [2.05, 4.69) is 49.7 Å². The fraction of sp³-hybridized carbons (Fsp3) is 0.724. The normalized spacial score (nSPS) is 12.9. The Bertz CT molecular complexity index is 947. The third-order valence-corrected chi connectivity index (χ3v) is 7.67. The van der Waals surface area contributed by atoms with Gasteiger partial charge in [-0.2, -0.15) is 0 Å². The van der Waals surface area contributed by atoms with Crippen molar-refractivity contribution in [2.45, 2.75) is 118 Å². The topological polar surface area (TPSA) is 55.6 Å². The summed E-state index contributed by atoms with van der Waals surface area (Å²) in [5.74, 6) is 1.34. The third kappa shape index (κ3) is 9.98. The Kier molecular flexibility index (Phi) is 14.1. The molecule has 198 valence electrons. The number of amides is 1. The minimum Gasteiger partial charge on any atom is -0.491 e. The molecule has 2 rings (SSSR count). The van der Waals surface area contributed by atoms with E-state index in [1.54, 1.807) is 18.3 Å². The molecule has 6 heteroatoms. The molecule has 1 atom stereocenters. The van der Waals surface area contributed by atoms with Gasteiger partial charge in [-0.25, -0.2) is 0 Å². The van der Waals surface area contributed by atoms with Gasteiger partial charge >= 0.3 is 0 Å². The van der Waals surface area contributed by atoms with Crippen molar-refractivity contribution in [2.24, 2.45) is 10.9 Å². The zero-order valence-corrected chi connectivity index (χ0v) is 23.8. The van der Waals surface area contributed by atoms with Gasteiger partial charge < -0.3 is 14.6 Å². The summed E-state index contributed by atoms with van der Waals surface area (Å²) in [6.07, 6.45) is 14.5. The number of anilines is 1. The lowest BCUT2D eigenvalue weighted by atomic mass is 9.99. The third-order valence-electron chi connectivity index (χ3n) is 6.59. The highest BCUT2D eigenvalue weighted by Gasteiger charge is 2.16. The van der Waals surface area contributed by atoms with E-state index in [-0.39, 0.29) is 5.91 Å². The van der Waals surface area contributed by atoms with Crippen molar-refractivity contribution in [1.82, 2.24) is 4.57 Å². The monoisotopic (exact) mass is 503 g/mol. The first-order valence-corrected chi connectivity index (χ1v) is 14.9. The Morgan fingerprint density at radius 3 is 2.40 bits per heavy atom. The lowest BCUT2D eigenvalue weighted by Crippen LogP contribution is -2.20. The maximum absolute atomic E-state index is 11.9. The van der Waals surface area contributed by atoms with Crippen molar-refractivity contribution in [3.8, 4) is 5.75 Å². The molecule has 0 fully saturated rings. The molecule has 1 amide bonds. The van der Waals surface area contributed by atoms with Crippen LogP contribution in [0.4, 0.5) is 5.69 Å². The number of nitrogens with zero attached hydrogens (tertiary/aromatic N) is 2. The highest BCUT2D eigenvalue weighted by molar-refractivity contribution is 7.16. The van der Waals surface area contributed by atoms with Gasteiger partial charge in [0.15, 0.2) is 4.80 Å². The number of ether oxygens (including phenoxy) is 1. The molecule has 5 nitrogen and oxygen atoms in total. The lowest BCUT2D eigenvalue weighted by molar-refractivity contribution is -0.114. The minimum atomic E-state index is -0.0725. The molecule has 1 aromatic carbocycles.